The lowest BCUT2D eigenvalue weighted by Crippen LogP contribution is -2.55. The maximum absolute atomic E-state index is 14.6. The summed E-state index contributed by atoms with van der Waals surface area (Å²) in [7, 11) is -4.17. The Morgan fingerprint density at radius 1 is 0.804 bits per heavy atom. The van der Waals surface area contributed by atoms with Crippen LogP contribution >= 0.6 is 11.6 Å². The minimum Gasteiger partial charge on any atom is -0.352 e. The molecule has 0 aliphatic heterocycles. The number of hydrogen-bond donors (Lipinski definition) is 1. The van der Waals surface area contributed by atoms with E-state index in [0.29, 0.717) is 10.7 Å². The van der Waals surface area contributed by atoms with Crippen LogP contribution in [-0.4, -0.2) is 43.8 Å². The second-order valence-corrected chi connectivity index (χ2v) is 14.2. The maximum Gasteiger partial charge on any atom is 0.264 e. The van der Waals surface area contributed by atoms with Gasteiger partial charge in [0.05, 0.1) is 10.6 Å². The average Bonchev–Trinajstić information content (AvgIpc) is 3.07. The second-order valence-electron chi connectivity index (χ2n) is 11.9. The highest BCUT2D eigenvalue weighted by Crippen LogP contribution is 2.27. The summed E-state index contributed by atoms with van der Waals surface area (Å²) in [5.74, 6) is -0.728. The van der Waals surface area contributed by atoms with Gasteiger partial charge in [-0.3, -0.25) is 13.9 Å². The molecule has 0 bridgehead atoms. The van der Waals surface area contributed by atoms with Gasteiger partial charge < -0.3 is 10.2 Å². The average molecular weight is 658 g/mol. The molecule has 1 aliphatic carbocycles. The molecule has 1 N–H and O–H groups in total. The molecule has 240 valence electrons. The van der Waals surface area contributed by atoms with E-state index in [4.69, 9.17) is 11.6 Å². The zero-order valence-corrected chi connectivity index (χ0v) is 27.6. The lowest BCUT2D eigenvalue weighted by atomic mass is 9.94. The van der Waals surface area contributed by atoms with Gasteiger partial charge in [0.15, 0.2) is 0 Å². The summed E-state index contributed by atoms with van der Waals surface area (Å²) in [4.78, 5) is 30.3. The van der Waals surface area contributed by atoms with Crippen molar-refractivity contribution in [3.05, 3.63) is 131 Å². The Kier molecular flexibility index (Phi) is 11.1. The van der Waals surface area contributed by atoms with Crippen LogP contribution in [0.25, 0.3) is 0 Å². The molecule has 1 fully saturated rings. The quantitative estimate of drug-likeness (QED) is 0.179. The van der Waals surface area contributed by atoms with Crippen LogP contribution in [0, 0.1) is 6.92 Å². The Bertz CT molecular complexity index is 1690. The van der Waals surface area contributed by atoms with E-state index in [1.54, 1.807) is 36.4 Å². The van der Waals surface area contributed by atoms with Crippen LogP contribution in [0.1, 0.15) is 48.8 Å². The van der Waals surface area contributed by atoms with Gasteiger partial charge in [-0.15, -0.1) is 0 Å². The highest BCUT2D eigenvalue weighted by atomic mass is 35.5. The summed E-state index contributed by atoms with van der Waals surface area (Å²) in [6.07, 6.45) is 5.32. The Morgan fingerprint density at radius 2 is 1.39 bits per heavy atom. The summed E-state index contributed by atoms with van der Waals surface area (Å²) < 4.78 is 29.4. The third kappa shape index (κ3) is 8.56. The summed E-state index contributed by atoms with van der Waals surface area (Å²) in [6, 6.07) is 31.1. The first-order valence-electron chi connectivity index (χ1n) is 15.7. The van der Waals surface area contributed by atoms with Gasteiger partial charge >= 0.3 is 0 Å². The molecule has 1 atom stereocenters. The van der Waals surface area contributed by atoms with Crippen LogP contribution < -0.4 is 9.62 Å². The van der Waals surface area contributed by atoms with Gasteiger partial charge in [-0.2, -0.15) is 0 Å². The zero-order chi connectivity index (χ0) is 32.5. The fraction of sp³-hybridized carbons (Fsp3) is 0.297. The fourth-order valence-corrected chi connectivity index (χ4v) is 7.39. The van der Waals surface area contributed by atoms with Crippen LogP contribution in [0.5, 0.6) is 0 Å². The van der Waals surface area contributed by atoms with Gasteiger partial charge in [0.25, 0.3) is 10.0 Å². The topological polar surface area (TPSA) is 86.8 Å². The molecule has 1 aliphatic rings. The minimum absolute atomic E-state index is 0.0423. The van der Waals surface area contributed by atoms with E-state index >= 15 is 0 Å². The monoisotopic (exact) mass is 657 g/mol. The number of carbonyl (C=O) groups excluding carboxylic acids is 2. The van der Waals surface area contributed by atoms with E-state index in [9.17, 15) is 18.0 Å². The van der Waals surface area contributed by atoms with Gasteiger partial charge in [-0.05, 0) is 67.3 Å². The number of benzene rings is 4. The van der Waals surface area contributed by atoms with Gasteiger partial charge in [-0.1, -0.05) is 109 Å². The molecule has 0 unspecified atom stereocenters. The maximum atomic E-state index is 14.6. The molecule has 4 aromatic rings. The predicted octanol–water partition coefficient (Wildman–Crippen LogP) is 6.93. The first kappa shape index (κ1) is 33.2. The molecule has 0 heterocycles. The zero-order valence-electron chi connectivity index (χ0n) is 26.0. The van der Waals surface area contributed by atoms with E-state index in [0.717, 1.165) is 53.1 Å². The number of nitrogens with zero attached hydrogens (tertiary/aromatic N) is 2. The molecule has 46 heavy (non-hydrogen) atoms. The van der Waals surface area contributed by atoms with Crippen molar-refractivity contribution in [3.8, 4) is 0 Å². The molecule has 0 aromatic heterocycles. The van der Waals surface area contributed by atoms with Crippen LogP contribution in [0.2, 0.25) is 5.02 Å². The van der Waals surface area contributed by atoms with Crippen molar-refractivity contribution in [1.82, 2.24) is 10.2 Å². The Labute approximate surface area is 277 Å². The van der Waals surface area contributed by atoms with Crippen molar-refractivity contribution in [2.45, 2.75) is 69.0 Å². The molecule has 4 aromatic carbocycles. The highest BCUT2D eigenvalue weighted by molar-refractivity contribution is 7.92. The standard InChI is InChI=1S/C37H40ClN3O4S/c1-28-17-23-34(24-18-28)46(44,45)41(33-21-19-31(38)20-22-33)27-36(42)40(26-30-13-7-3-8-14-30)35(25-29-11-5-2-6-12-29)37(43)39-32-15-9-4-10-16-32/h2-3,5-8,11-14,17-24,32,35H,4,9-10,15-16,25-27H2,1H3,(H,39,43)/t35-/m1/s1. The van der Waals surface area contributed by atoms with Crippen molar-refractivity contribution in [2.24, 2.45) is 0 Å². The van der Waals surface area contributed by atoms with Gasteiger partial charge in [0, 0.05) is 24.0 Å². The normalized spacial score (nSPS) is 14.3. The smallest absolute Gasteiger partial charge is 0.264 e. The van der Waals surface area contributed by atoms with Crippen LogP contribution in [0.15, 0.2) is 114 Å². The number of carbonyl (C=O) groups is 2. The van der Waals surface area contributed by atoms with E-state index in [2.05, 4.69) is 5.32 Å². The number of hydrogen-bond acceptors (Lipinski definition) is 4. The van der Waals surface area contributed by atoms with Crippen molar-refractivity contribution < 1.29 is 18.0 Å². The van der Waals surface area contributed by atoms with E-state index in [-0.39, 0.29) is 29.8 Å². The largest absolute Gasteiger partial charge is 0.352 e. The van der Waals surface area contributed by atoms with Crippen LogP contribution in [-0.2, 0) is 32.6 Å². The number of amides is 2. The number of halogens is 1. The Morgan fingerprint density at radius 3 is 2.00 bits per heavy atom. The number of sulfonamides is 1. The summed E-state index contributed by atoms with van der Waals surface area (Å²) in [5.41, 5.74) is 2.94. The van der Waals surface area contributed by atoms with E-state index in [1.165, 1.54) is 17.0 Å². The molecule has 0 saturated heterocycles. The van der Waals surface area contributed by atoms with Crippen LogP contribution in [0.4, 0.5) is 5.69 Å². The molecule has 1 saturated carbocycles. The molecule has 0 spiro atoms. The van der Waals surface area contributed by atoms with E-state index in [1.807, 2.05) is 67.6 Å². The first-order valence-corrected chi connectivity index (χ1v) is 17.6. The van der Waals surface area contributed by atoms with Gasteiger partial charge in [-0.25, -0.2) is 8.42 Å². The lowest BCUT2D eigenvalue weighted by Gasteiger charge is -2.35. The predicted molar refractivity (Wildman–Crippen MR) is 183 cm³/mol. The number of aryl methyl sites for hydroxylation is 1. The molecule has 7 nitrogen and oxygen atoms in total. The van der Waals surface area contributed by atoms with Crippen molar-refractivity contribution >= 4 is 39.1 Å². The molecule has 0 radical (unpaired) electrons. The molecular weight excluding hydrogens is 618 g/mol. The Hall–Kier alpha value is -4.14. The van der Waals surface area contributed by atoms with Crippen molar-refractivity contribution in [3.63, 3.8) is 0 Å². The number of rotatable bonds is 12. The molecular formula is C37H40ClN3O4S. The summed E-state index contributed by atoms with van der Waals surface area (Å²) in [6.45, 7) is 1.50. The number of nitrogens with one attached hydrogen (secondary N) is 1. The summed E-state index contributed by atoms with van der Waals surface area (Å²) in [5, 5.41) is 3.67. The first-order chi connectivity index (χ1) is 22.2. The summed E-state index contributed by atoms with van der Waals surface area (Å²) >= 11 is 6.16. The SMILES string of the molecule is Cc1ccc(S(=O)(=O)N(CC(=O)N(Cc2ccccc2)[C@H](Cc2ccccc2)C(=O)NC2CCCCC2)c2ccc(Cl)cc2)cc1. The number of anilines is 1. The molecule has 9 heteroatoms. The van der Waals surface area contributed by atoms with Gasteiger partial charge in [0.2, 0.25) is 11.8 Å². The van der Waals surface area contributed by atoms with Crippen molar-refractivity contribution in [1.29, 1.82) is 0 Å². The Balaban J connectivity index is 1.54. The molecule has 5 rings (SSSR count). The third-order valence-electron chi connectivity index (χ3n) is 8.42. The van der Waals surface area contributed by atoms with Crippen LogP contribution in [0.3, 0.4) is 0 Å². The van der Waals surface area contributed by atoms with Crippen molar-refractivity contribution in [2.75, 3.05) is 10.8 Å². The second kappa shape index (κ2) is 15.4. The minimum atomic E-state index is -4.17. The fourth-order valence-electron chi connectivity index (χ4n) is 5.85. The third-order valence-corrected chi connectivity index (χ3v) is 10.5. The van der Waals surface area contributed by atoms with Gasteiger partial charge in [0.1, 0.15) is 12.6 Å². The molecule has 2 amide bonds. The highest BCUT2D eigenvalue weighted by Gasteiger charge is 2.35. The lowest BCUT2D eigenvalue weighted by molar-refractivity contribution is -0.140. The van der Waals surface area contributed by atoms with E-state index < -0.39 is 28.5 Å².